The van der Waals surface area contributed by atoms with Crippen molar-refractivity contribution in [2.45, 2.75) is 77.7 Å². The highest BCUT2D eigenvalue weighted by Gasteiger charge is 2.31. The second-order valence-electron chi connectivity index (χ2n) is 7.69. The van der Waals surface area contributed by atoms with Crippen LogP contribution >= 0.6 is 0 Å². The Balaban J connectivity index is 1.80. The second kappa shape index (κ2) is 6.93. The van der Waals surface area contributed by atoms with Gasteiger partial charge in [0.05, 0.1) is 5.92 Å². The van der Waals surface area contributed by atoms with E-state index in [-0.39, 0.29) is 5.92 Å². The maximum absolute atomic E-state index is 11.3. The molecule has 0 spiro atoms. The van der Waals surface area contributed by atoms with Crippen LogP contribution < -0.4 is 5.32 Å². The van der Waals surface area contributed by atoms with Crippen LogP contribution in [0.3, 0.4) is 0 Å². The van der Waals surface area contributed by atoms with Crippen molar-refractivity contribution in [2.75, 3.05) is 6.54 Å². The van der Waals surface area contributed by atoms with Gasteiger partial charge in [0, 0.05) is 6.04 Å². The molecule has 116 valence electrons. The predicted octanol–water partition coefficient (Wildman–Crippen LogP) is 3.83. The Labute approximate surface area is 123 Å². The minimum absolute atomic E-state index is 0.113. The van der Waals surface area contributed by atoms with E-state index in [1.54, 1.807) is 0 Å². The van der Waals surface area contributed by atoms with E-state index in [2.05, 4.69) is 19.2 Å². The van der Waals surface area contributed by atoms with Gasteiger partial charge in [-0.3, -0.25) is 4.79 Å². The third-order valence-electron chi connectivity index (χ3n) is 5.47. The lowest BCUT2D eigenvalue weighted by Gasteiger charge is -2.30. The van der Waals surface area contributed by atoms with E-state index in [0.29, 0.717) is 17.4 Å². The molecule has 0 aliphatic heterocycles. The highest BCUT2D eigenvalue weighted by molar-refractivity contribution is 5.70. The van der Waals surface area contributed by atoms with Crippen LogP contribution in [0.1, 0.15) is 71.6 Å². The molecule has 3 unspecified atom stereocenters. The molecule has 0 radical (unpaired) electrons. The van der Waals surface area contributed by atoms with Gasteiger partial charge in [-0.1, -0.05) is 33.1 Å². The van der Waals surface area contributed by atoms with E-state index in [1.807, 2.05) is 0 Å². The number of hydrogen-bond donors (Lipinski definition) is 2. The minimum atomic E-state index is -0.585. The highest BCUT2D eigenvalue weighted by atomic mass is 16.4. The molecular formula is C17H31NO2. The molecule has 0 saturated heterocycles. The van der Waals surface area contributed by atoms with Gasteiger partial charge in [0.1, 0.15) is 0 Å². The number of nitrogens with one attached hydrogen (secondary N) is 1. The molecule has 2 aliphatic rings. The normalized spacial score (nSPS) is 34.4. The lowest BCUT2D eigenvalue weighted by Crippen LogP contribution is -2.39. The van der Waals surface area contributed by atoms with Gasteiger partial charge in [-0.15, -0.1) is 0 Å². The Morgan fingerprint density at radius 3 is 2.60 bits per heavy atom. The van der Waals surface area contributed by atoms with Crippen molar-refractivity contribution in [1.29, 1.82) is 0 Å². The molecule has 3 nitrogen and oxygen atoms in total. The van der Waals surface area contributed by atoms with Crippen LogP contribution in [0.5, 0.6) is 0 Å². The first-order valence-electron chi connectivity index (χ1n) is 8.44. The predicted molar refractivity (Wildman–Crippen MR) is 81.7 cm³/mol. The lowest BCUT2D eigenvalue weighted by atomic mass is 9.79. The largest absolute Gasteiger partial charge is 0.481 e. The topological polar surface area (TPSA) is 49.3 Å². The average Bonchev–Trinajstić information content (AvgIpc) is 2.57. The molecule has 3 heteroatoms. The van der Waals surface area contributed by atoms with Crippen molar-refractivity contribution in [3.63, 3.8) is 0 Å². The van der Waals surface area contributed by atoms with Gasteiger partial charge < -0.3 is 10.4 Å². The SMILES string of the molecule is CC1(C)CCCC(NCC2CCCCC2C(=O)O)CC1. The van der Waals surface area contributed by atoms with Crippen LogP contribution in [0.4, 0.5) is 0 Å². The summed E-state index contributed by atoms with van der Waals surface area (Å²) in [5, 5.41) is 13.0. The Hall–Kier alpha value is -0.570. The fraction of sp³-hybridized carbons (Fsp3) is 0.941. The van der Waals surface area contributed by atoms with Crippen LogP contribution in [-0.2, 0) is 4.79 Å². The van der Waals surface area contributed by atoms with Gasteiger partial charge in [-0.25, -0.2) is 0 Å². The standard InChI is InChI=1S/C17H31NO2/c1-17(2)10-5-7-14(9-11-17)18-12-13-6-3-4-8-15(13)16(19)20/h13-15,18H,3-12H2,1-2H3,(H,19,20). The quantitative estimate of drug-likeness (QED) is 0.770. The van der Waals surface area contributed by atoms with Crippen LogP contribution in [0.25, 0.3) is 0 Å². The number of carboxylic acids is 1. The van der Waals surface area contributed by atoms with Crippen molar-refractivity contribution in [3.8, 4) is 0 Å². The Bertz CT molecular complexity index is 327. The fourth-order valence-corrected chi connectivity index (χ4v) is 3.96. The van der Waals surface area contributed by atoms with E-state index in [1.165, 1.54) is 38.5 Å². The zero-order chi connectivity index (χ0) is 14.6. The first kappa shape index (κ1) is 15.8. The molecule has 20 heavy (non-hydrogen) atoms. The third kappa shape index (κ3) is 4.47. The molecule has 0 amide bonds. The summed E-state index contributed by atoms with van der Waals surface area (Å²) in [4.78, 5) is 11.3. The van der Waals surface area contributed by atoms with E-state index >= 15 is 0 Å². The Morgan fingerprint density at radius 2 is 1.85 bits per heavy atom. The summed E-state index contributed by atoms with van der Waals surface area (Å²) in [6.45, 7) is 5.65. The minimum Gasteiger partial charge on any atom is -0.481 e. The molecular weight excluding hydrogens is 250 g/mol. The third-order valence-corrected chi connectivity index (χ3v) is 5.47. The Morgan fingerprint density at radius 1 is 1.10 bits per heavy atom. The summed E-state index contributed by atoms with van der Waals surface area (Å²) in [7, 11) is 0. The van der Waals surface area contributed by atoms with Crippen LogP contribution in [-0.4, -0.2) is 23.7 Å². The summed E-state index contributed by atoms with van der Waals surface area (Å²) >= 11 is 0. The van der Waals surface area contributed by atoms with Crippen LogP contribution in [0, 0.1) is 17.3 Å². The van der Waals surface area contributed by atoms with Crippen molar-refractivity contribution < 1.29 is 9.90 Å². The molecule has 2 N–H and O–H groups in total. The van der Waals surface area contributed by atoms with Gasteiger partial charge in [0.2, 0.25) is 0 Å². The average molecular weight is 281 g/mol. The molecule has 2 saturated carbocycles. The van der Waals surface area contributed by atoms with Crippen LogP contribution in [0.15, 0.2) is 0 Å². The monoisotopic (exact) mass is 281 g/mol. The second-order valence-corrected chi connectivity index (χ2v) is 7.69. The number of carboxylic acid groups (broad SMARTS) is 1. The maximum atomic E-state index is 11.3. The van der Waals surface area contributed by atoms with Crippen molar-refractivity contribution in [1.82, 2.24) is 5.32 Å². The maximum Gasteiger partial charge on any atom is 0.306 e. The van der Waals surface area contributed by atoms with Crippen molar-refractivity contribution in [2.24, 2.45) is 17.3 Å². The van der Waals surface area contributed by atoms with Crippen molar-refractivity contribution >= 4 is 5.97 Å². The number of rotatable bonds is 4. The number of aliphatic carboxylic acids is 1. The smallest absolute Gasteiger partial charge is 0.306 e. The van der Waals surface area contributed by atoms with Gasteiger partial charge >= 0.3 is 5.97 Å². The van der Waals surface area contributed by atoms with Crippen LogP contribution in [0.2, 0.25) is 0 Å². The molecule has 2 rings (SSSR count). The summed E-state index contributed by atoms with van der Waals surface area (Å²) < 4.78 is 0. The molecule has 2 fully saturated rings. The van der Waals surface area contributed by atoms with Crippen molar-refractivity contribution in [3.05, 3.63) is 0 Å². The molecule has 2 aliphatic carbocycles. The van der Waals surface area contributed by atoms with E-state index < -0.39 is 5.97 Å². The van der Waals surface area contributed by atoms with Gasteiger partial charge in [-0.05, 0) is 56.4 Å². The number of carbonyl (C=O) groups is 1. The zero-order valence-electron chi connectivity index (χ0n) is 13.2. The molecule has 0 aromatic heterocycles. The zero-order valence-corrected chi connectivity index (χ0v) is 13.2. The summed E-state index contributed by atoms with van der Waals surface area (Å²) in [6, 6.07) is 0.605. The van der Waals surface area contributed by atoms with E-state index in [9.17, 15) is 9.90 Å². The molecule has 0 aromatic rings. The van der Waals surface area contributed by atoms with E-state index in [4.69, 9.17) is 0 Å². The molecule has 0 aromatic carbocycles. The van der Waals surface area contributed by atoms with Gasteiger partial charge in [0.15, 0.2) is 0 Å². The van der Waals surface area contributed by atoms with E-state index in [0.717, 1.165) is 25.8 Å². The first-order chi connectivity index (χ1) is 9.48. The van der Waals surface area contributed by atoms with Gasteiger partial charge in [-0.2, -0.15) is 0 Å². The summed E-state index contributed by atoms with van der Waals surface area (Å²) in [5.74, 6) is -0.352. The highest BCUT2D eigenvalue weighted by Crippen LogP contribution is 2.34. The molecule has 0 bridgehead atoms. The first-order valence-corrected chi connectivity index (χ1v) is 8.44. The van der Waals surface area contributed by atoms with Gasteiger partial charge in [0.25, 0.3) is 0 Å². The summed E-state index contributed by atoms with van der Waals surface area (Å²) in [5.41, 5.74) is 0.491. The summed E-state index contributed by atoms with van der Waals surface area (Å²) in [6.07, 6.45) is 10.7. The molecule has 3 atom stereocenters. The number of hydrogen-bond acceptors (Lipinski definition) is 2. The molecule has 0 heterocycles. The Kier molecular flexibility index (Phi) is 5.48. The fourth-order valence-electron chi connectivity index (χ4n) is 3.96. The lowest BCUT2D eigenvalue weighted by molar-refractivity contribution is -0.144.